The number of hydrogen-bond donors (Lipinski definition) is 5. The number of carbonyl (C=O) groups excluding carboxylic acids is 1. The van der Waals surface area contributed by atoms with Gasteiger partial charge in [0.2, 0.25) is 17.8 Å². The molecule has 1 aliphatic carbocycles. The molecule has 0 radical (unpaired) electrons. The Morgan fingerprint density at radius 2 is 1.73 bits per heavy atom. The van der Waals surface area contributed by atoms with Crippen LogP contribution in [0, 0.1) is 0 Å². The van der Waals surface area contributed by atoms with Gasteiger partial charge in [-0.15, -0.1) is 0 Å². The molecule has 1 aliphatic rings. The van der Waals surface area contributed by atoms with Crippen molar-refractivity contribution in [1.29, 1.82) is 0 Å². The first-order valence-corrected chi connectivity index (χ1v) is 13.4. The molecule has 1 aromatic heterocycles. The quantitative estimate of drug-likeness (QED) is 0.199. The molecule has 1 heterocycles. The average Bonchev–Trinajstić information content (AvgIpc) is 2.91. The maximum absolute atomic E-state index is 12.6. The summed E-state index contributed by atoms with van der Waals surface area (Å²) in [5.74, 6) is 1.34. The van der Waals surface area contributed by atoms with Crippen molar-refractivity contribution in [3.8, 4) is 0 Å². The molecule has 0 atom stereocenters. The molecule has 3 rings (SSSR count). The Balaban J connectivity index is 1.57. The molecule has 0 unspecified atom stereocenters. The van der Waals surface area contributed by atoms with Crippen molar-refractivity contribution in [3.05, 3.63) is 29.8 Å². The van der Waals surface area contributed by atoms with Crippen molar-refractivity contribution < 1.29 is 14.3 Å². The van der Waals surface area contributed by atoms with E-state index in [2.05, 4.69) is 43.1 Å². The normalized spacial score (nSPS) is 13.8. The largest absolute Gasteiger partial charge is 0.378 e. The lowest BCUT2D eigenvalue weighted by atomic mass is 9.96. The Bertz CT molecular complexity index is 940. The number of nitrogens with two attached hydrogens (primary N) is 1. The third-order valence-corrected chi connectivity index (χ3v) is 5.93. The first-order chi connectivity index (χ1) is 18.2. The highest BCUT2D eigenvalue weighted by Crippen LogP contribution is 2.22. The maximum Gasteiger partial charge on any atom is 0.251 e. The van der Waals surface area contributed by atoms with E-state index >= 15 is 0 Å². The summed E-state index contributed by atoms with van der Waals surface area (Å²) in [6.45, 7) is 5.72. The number of amides is 1. The highest BCUT2D eigenvalue weighted by Gasteiger charge is 2.16. The van der Waals surface area contributed by atoms with Crippen molar-refractivity contribution in [2.24, 2.45) is 5.73 Å². The molecule has 1 amide bonds. The lowest BCUT2D eigenvalue weighted by Crippen LogP contribution is -2.27. The number of ether oxygens (including phenoxy) is 2. The van der Waals surface area contributed by atoms with Gasteiger partial charge in [0.1, 0.15) is 0 Å². The molecular weight excluding hydrogens is 472 g/mol. The van der Waals surface area contributed by atoms with Crippen LogP contribution in [0.15, 0.2) is 24.3 Å². The Morgan fingerprint density at radius 3 is 2.51 bits per heavy atom. The van der Waals surface area contributed by atoms with E-state index < -0.39 is 0 Å². The van der Waals surface area contributed by atoms with Gasteiger partial charge in [0, 0.05) is 36.9 Å². The van der Waals surface area contributed by atoms with Gasteiger partial charge in [-0.2, -0.15) is 15.0 Å². The van der Waals surface area contributed by atoms with Crippen molar-refractivity contribution in [2.45, 2.75) is 57.9 Å². The van der Waals surface area contributed by atoms with Gasteiger partial charge in [0.05, 0.1) is 26.4 Å². The van der Waals surface area contributed by atoms with E-state index in [9.17, 15) is 4.79 Å². The molecule has 6 N–H and O–H groups in total. The van der Waals surface area contributed by atoms with Crippen LogP contribution in [-0.4, -0.2) is 73.0 Å². The number of hydrogen-bond acceptors (Lipinski definition) is 10. The first-order valence-electron chi connectivity index (χ1n) is 13.4. The Hall–Kier alpha value is -3.02. The maximum atomic E-state index is 12.6. The topological polar surface area (TPSA) is 148 Å². The van der Waals surface area contributed by atoms with Crippen LogP contribution >= 0.6 is 0 Å². The van der Waals surface area contributed by atoms with Gasteiger partial charge in [0.15, 0.2) is 0 Å². The van der Waals surface area contributed by atoms with Crippen molar-refractivity contribution in [2.75, 3.05) is 62.0 Å². The number of rotatable bonds is 17. The summed E-state index contributed by atoms with van der Waals surface area (Å²) in [7, 11) is 0. The molecule has 2 aromatic rings. The van der Waals surface area contributed by atoms with Gasteiger partial charge < -0.3 is 36.5 Å². The van der Waals surface area contributed by atoms with Crippen LogP contribution in [-0.2, 0) is 9.47 Å². The zero-order valence-corrected chi connectivity index (χ0v) is 21.9. The van der Waals surface area contributed by atoms with Gasteiger partial charge in [-0.05, 0) is 37.5 Å². The number of carbonyl (C=O) groups is 1. The minimum absolute atomic E-state index is 0.177. The lowest BCUT2D eigenvalue weighted by Gasteiger charge is -2.23. The Kier molecular flexibility index (Phi) is 12.9. The van der Waals surface area contributed by atoms with E-state index in [-0.39, 0.29) is 5.91 Å². The minimum Gasteiger partial charge on any atom is -0.378 e. The Labute approximate surface area is 219 Å². The van der Waals surface area contributed by atoms with Gasteiger partial charge >= 0.3 is 0 Å². The molecule has 0 aliphatic heterocycles. The number of anilines is 4. The zero-order chi connectivity index (χ0) is 26.1. The summed E-state index contributed by atoms with van der Waals surface area (Å²) in [6.07, 6.45) is 8.09. The number of benzene rings is 1. The molecule has 0 bridgehead atoms. The highest BCUT2D eigenvalue weighted by molar-refractivity contribution is 5.95. The van der Waals surface area contributed by atoms with Gasteiger partial charge in [0.25, 0.3) is 5.91 Å². The molecule has 204 valence electrons. The summed E-state index contributed by atoms with van der Waals surface area (Å²) in [4.78, 5) is 26.3. The second kappa shape index (κ2) is 16.7. The molecule has 0 spiro atoms. The molecule has 1 saturated carbocycles. The number of aromatic nitrogens is 3. The summed E-state index contributed by atoms with van der Waals surface area (Å²) in [5.41, 5.74) is 6.62. The van der Waals surface area contributed by atoms with Crippen LogP contribution < -0.4 is 27.0 Å². The summed E-state index contributed by atoms with van der Waals surface area (Å²) in [5, 5.41) is 12.9. The highest BCUT2D eigenvalue weighted by atomic mass is 16.5. The summed E-state index contributed by atoms with van der Waals surface area (Å²) < 4.78 is 10.7. The monoisotopic (exact) mass is 514 g/mol. The fourth-order valence-corrected chi connectivity index (χ4v) is 3.99. The molecule has 11 heteroatoms. The van der Waals surface area contributed by atoms with Crippen LogP contribution in [0.4, 0.5) is 23.5 Å². The second-order valence-electron chi connectivity index (χ2n) is 9.04. The van der Waals surface area contributed by atoms with Gasteiger partial charge in [-0.25, -0.2) is 0 Å². The molecule has 11 nitrogen and oxygen atoms in total. The van der Waals surface area contributed by atoms with Crippen molar-refractivity contribution in [1.82, 2.24) is 20.3 Å². The zero-order valence-electron chi connectivity index (χ0n) is 21.9. The molecule has 37 heavy (non-hydrogen) atoms. The summed E-state index contributed by atoms with van der Waals surface area (Å²) in [6, 6.07) is 7.62. The second-order valence-corrected chi connectivity index (χ2v) is 9.04. The summed E-state index contributed by atoms with van der Waals surface area (Å²) >= 11 is 0. The fraction of sp³-hybridized carbons (Fsp3) is 0.615. The fourth-order valence-electron chi connectivity index (χ4n) is 3.99. The van der Waals surface area contributed by atoms with Crippen LogP contribution in [0.3, 0.4) is 0 Å². The van der Waals surface area contributed by atoms with Crippen molar-refractivity contribution >= 4 is 29.4 Å². The van der Waals surface area contributed by atoms with Gasteiger partial charge in [-0.1, -0.05) is 38.7 Å². The third kappa shape index (κ3) is 10.9. The van der Waals surface area contributed by atoms with E-state index in [0.717, 1.165) is 37.9 Å². The number of nitrogens with zero attached hydrogens (tertiary/aromatic N) is 3. The predicted octanol–water partition coefficient (Wildman–Crippen LogP) is 3.29. The van der Waals surface area contributed by atoms with Gasteiger partial charge in [-0.3, -0.25) is 4.79 Å². The number of unbranched alkanes of at least 4 members (excludes halogenated alkanes) is 1. The molecule has 0 saturated heterocycles. The Morgan fingerprint density at radius 1 is 0.973 bits per heavy atom. The van der Waals surface area contributed by atoms with Crippen LogP contribution in [0.5, 0.6) is 0 Å². The van der Waals surface area contributed by atoms with E-state index in [4.69, 9.17) is 15.2 Å². The van der Waals surface area contributed by atoms with Crippen LogP contribution in [0.1, 0.15) is 62.2 Å². The van der Waals surface area contributed by atoms with Crippen LogP contribution in [0.2, 0.25) is 0 Å². The van der Waals surface area contributed by atoms with Crippen molar-refractivity contribution in [3.63, 3.8) is 0 Å². The molecule has 1 fully saturated rings. The van der Waals surface area contributed by atoms with E-state index in [0.29, 0.717) is 69.0 Å². The molecule has 1 aromatic carbocycles. The third-order valence-electron chi connectivity index (χ3n) is 5.93. The van der Waals surface area contributed by atoms with E-state index in [1.165, 1.54) is 19.3 Å². The first kappa shape index (κ1) is 28.5. The SMILES string of the molecule is CCCCNc1nc(Nc2cccc(C(=O)NCCOCCOCCN)c2)nc(NC2CCCCC2)n1. The van der Waals surface area contributed by atoms with E-state index in [1.54, 1.807) is 12.1 Å². The number of nitrogens with one attached hydrogen (secondary N) is 4. The minimum atomic E-state index is -0.177. The standard InChI is InChI=1S/C26H42N8O3/c1-2-3-13-29-24-32-25(30-21-9-5-4-6-10-21)34-26(33-24)31-22-11-7-8-20(19-22)23(35)28-14-16-37-18-17-36-15-12-27/h7-8,11,19,21H,2-6,9-10,12-18,27H2,1H3,(H,28,35)(H3,29,30,31,32,33,34). The van der Waals surface area contributed by atoms with Crippen LogP contribution in [0.25, 0.3) is 0 Å². The smallest absolute Gasteiger partial charge is 0.251 e. The van der Waals surface area contributed by atoms with E-state index in [1.807, 2.05) is 12.1 Å². The average molecular weight is 515 g/mol. The lowest BCUT2D eigenvalue weighted by molar-refractivity contribution is 0.0511. The molecular formula is C26H42N8O3. The predicted molar refractivity (Wildman–Crippen MR) is 146 cm³/mol.